The van der Waals surface area contributed by atoms with E-state index in [1.165, 1.54) is 24.2 Å². The average Bonchev–Trinajstić information content (AvgIpc) is 2.74. The molecule has 29 heavy (non-hydrogen) atoms. The number of carbonyl (C=O) groups is 1. The second-order valence-corrected chi connectivity index (χ2v) is 7.37. The first-order chi connectivity index (χ1) is 14.1. The molecule has 3 rings (SSSR count). The largest absolute Gasteiger partial charge is 0.507 e. The fourth-order valence-corrected chi connectivity index (χ4v) is 3.71. The highest BCUT2D eigenvalue weighted by Crippen LogP contribution is 2.28. The van der Waals surface area contributed by atoms with Crippen molar-refractivity contribution in [2.24, 2.45) is 0 Å². The second-order valence-electron chi connectivity index (χ2n) is 7.37. The van der Waals surface area contributed by atoms with Gasteiger partial charge in [-0.05, 0) is 68.2 Å². The number of ketones is 1. The first-order valence-electron chi connectivity index (χ1n) is 10.3. The molecule has 1 aliphatic rings. The predicted octanol–water partition coefficient (Wildman–Crippen LogP) is 3.26. The lowest BCUT2D eigenvalue weighted by Crippen LogP contribution is -3.11. The van der Waals surface area contributed by atoms with Crippen molar-refractivity contribution in [2.75, 3.05) is 26.8 Å². The summed E-state index contributed by atoms with van der Waals surface area (Å²) in [5.74, 6) is 1.49. The summed E-state index contributed by atoms with van der Waals surface area (Å²) in [5, 5.41) is 10.2. The molecule has 0 radical (unpaired) electrons. The van der Waals surface area contributed by atoms with Crippen LogP contribution in [0.25, 0.3) is 6.08 Å². The first kappa shape index (κ1) is 20.9. The van der Waals surface area contributed by atoms with Crippen molar-refractivity contribution in [2.45, 2.75) is 32.7 Å². The van der Waals surface area contributed by atoms with Gasteiger partial charge in [-0.2, -0.15) is 0 Å². The topological polar surface area (TPSA) is 60.2 Å². The summed E-state index contributed by atoms with van der Waals surface area (Å²) in [6, 6.07) is 10.7. The average molecular weight is 397 g/mol. The van der Waals surface area contributed by atoms with Crippen LogP contribution in [-0.2, 0) is 6.54 Å². The van der Waals surface area contributed by atoms with E-state index in [9.17, 15) is 9.90 Å². The normalized spacial score (nSPS) is 14.8. The minimum absolute atomic E-state index is 0.0892. The molecule has 2 aromatic rings. The molecule has 5 nitrogen and oxygen atoms in total. The van der Waals surface area contributed by atoms with Crippen molar-refractivity contribution in [3.05, 3.63) is 59.2 Å². The number of allylic oxidation sites excluding steroid dienone is 1. The van der Waals surface area contributed by atoms with E-state index in [0.717, 1.165) is 30.8 Å². The van der Waals surface area contributed by atoms with Crippen LogP contribution in [0.2, 0.25) is 0 Å². The van der Waals surface area contributed by atoms with Gasteiger partial charge in [-0.25, -0.2) is 0 Å². The molecule has 1 saturated heterocycles. The van der Waals surface area contributed by atoms with Crippen molar-refractivity contribution < 1.29 is 24.3 Å². The third-order valence-corrected chi connectivity index (χ3v) is 5.28. The van der Waals surface area contributed by atoms with Crippen LogP contribution in [0, 0.1) is 0 Å². The van der Waals surface area contributed by atoms with Gasteiger partial charge in [0.2, 0.25) is 0 Å². The SMILES string of the molecule is CCOc1cc(/C=C/C(=O)c2ccc(O)c(C[NH+]3CCCCC3)c2)ccc1OC. The lowest BCUT2D eigenvalue weighted by molar-refractivity contribution is -0.918. The van der Waals surface area contributed by atoms with E-state index in [4.69, 9.17) is 9.47 Å². The summed E-state index contributed by atoms with van der Waals surface area (Å²) >= 11 is 0. The van der Waals surface area contributed by atoms with Gasteiger partial charge in [-0.15, -0.1) is 0 Å². The third kappa shape index (κ3) is 5.61. The number of phenolic OH excluding ortho intramolecular Hbond substituents is 1. The minimum Gasteiger partial charge on any atom is -0.507 e. The molecule has 0 saturated carbocycles. The third-order valence-electron chi connectivity index (χ3n) is 5.28. The summed E-state index contributed by atoms with van der Waals surface area (Å²) in [6.07, 6.45) is 7.06. The van der Waals surface area contributed by atoms with Crippen LogP contribution < -0.4 is 14.4 Å². The van der Waals surface area contributed by atoms with Crippen molar-refractivity contribution in [1.29, 1.82) is 0 Å². The molecule has 2 aromatic carbocycles. The van der Waals surface area contributed by atoms with Crippen LogP contribution in [0.3, 0.4) is 0 Å². The molecule has 1 fully saturated rings. The number of phenols is 1. The highest BCUT2D eigenvalue weighted by molar-refractivity contribution is 6.07. The quantitative estimate of drug-likeness (QED) is 0.531. The Hall–Kier alpha value is -2.79. The number of benzene rings is 2. The maximum atomic E-state index is 12.7. The Bertz CT molecular complexity index is 869. The van der Waals surface area contributed by atoms with Gasteiger partial charge in [0.25, 0.3) is 0 Å². The van der Waals surface area contributed by atoms with Crippen LogP contribution in [0.1, 0.15) is 47.7 Å². The Balaban J connectivity index is 1.73. The van der Waals surface area contributed by atoms with Gasteiger partial charge in [-0.1, -0.05) is 12.1 Å². The zero-order valence-electron chi connectivity index (χ0n) is 17.2. The second kappa shape index (κ2) is 10.1. The number of rotatable bonds is 8. The maximum absolute atomic E-state index is 12.7. The van der Waals surface area contributed by atoms with E-state index in [1.807, 2.05) is 31.2 Å². The predicted molar refractivity (Wildman–Crippen MR) is 114 cm³/mol. The van der Waals surface area contributed by atoms with E-state index in [0.29, 0.717) is 23.7 Å². The van der Waals surface area contributed by atoms with E-state index in [2.05, 4.69) is 0 Å². The van der Waals surface area contributed by atoms with E-state index < -0.39 is 0 Å². The molecular weight excluding hydrogens is 366 g/mol. The number of aromatic hydroxyl groups is 1. The summed E-state index contributed by atoms with van der Waals surface area (Å²) in [7, 11) is 1.60. The Kier molecular flexibility index (Phi) is 7.30. The lowest BCUT2D eigenvalue weighted by Gasteiger charge is -2.23. The number of carbonyl (C=O) groups excluding carboxylic acids is 1. The van der Waals surface area contributed by atoms with Gasteiger partial charge in [0.1, 0.15) is 12.3 Å². The van der Waals surface area contributed by atoms with Crippen LogP contribution in [0.4, 0.5) is 0 Å². The number of quaternary nitrogens is 1. The number of ether oxygens (including phenoxy) is 2. The number of nitrogens with one attached hydrogen (secondary N) is 1. The van der Waals surface area contributed by atoms with Crippen LogP contribution >= 0.6 is 0 Å². The molecule has 0 atom stereocenters. The molecule has 0 spiro atoms. The summed E-state index contributed by atoms with van der Waals surface area (Å²) in [4.78, 5) is 14.1. The van der Waals surface area contributed by atoms with Gasteiger partial charge in [0.05, 0.1) is 26.8 Å². The number of hydrogen-bond acceptors (Lipinski definition) is 4. The molecule has 5 heteroatoms. The molecule has 0 aliphatic carbocycles. The van der Waals surface area contributed by atoms with Crippen molar-refractivity contribution >= 4 is 11.9 Å². The fourth-order valence-electron chi connectivity index (χ4n) is 3.71. The lowest BCUT2D eigenvalue weighted by atomic mass is 10.0. The molecule has 0 bridgehead atoms. The van der Waals surface area contributed by atoms with Crippen molar-refractivity contribution in [3.63, 3.8) is 0 Å². The van der Waals surface area contributed by atoms with E-state index in [1.54, 1.807) is 31.4 Å². The Labute approximate surface area is 172 Å². The van der Waals surface area contributed by atoms with Crippen LogP contribution in [0.5, 0.6) is 17.2 Å². The minimum atomic E-state index is -0.0892. The van der Waals surface area contributed by atoms with Gasteiger partial charge in [0.15, 0.2) is 17.3 Å². The molecule has 1 aliphatic heterocycles. The van der Waals surface area contributed by atoms with Gasteiger partial charge >= 0.3 is 0 Å². The molecule has 154 valence electrons. The van der Waals surface area contributed by atoms with Crippen LogP contribution in [-0.4, -0.2) is 37.7 Å². The van der Waals surface area contributed by atoms with Crippen LogP contribution in [0.15, 0.2) is 42.5 Å². The Morgan fingerprint density at radius 2 is 1.90 bits per heavy atom. The maximum Gasteiger partial charge on any atom is 0.185 e. The molecule has 0 amide bonds. The summed E-state index contributed by atoms with van der Waals surface area (Å²) < 4.78 is 10.9. The standard InChI is InChI=1S/C24H29NO4/c1-3-29-24-15-18(8-12-23(24)28-2)7-10-21(26)19-9-11-22(27)20(16-19)17-25-13-5-4-6-14-25/h7-12,15-16,27H,3-6,13-14,17H2,1-2H3/p+1/b10-7+. The van der Waals surface area contributed by atoms with Gasteiger partial charge < -0.3 is 19.5 Å². The van der Waals surface area contributed by atoms with Gasteiger partial charge in [0, 0.05) is 11.1 Å². The summed E-state index contributed by atoms with van der Waals surface area (Å²) in [6.45, 7) is 5.46. The molecule has 1 heterocycles. The van der Waals surface area contributed by atoms with E-state index in [-0.39, 0.29) is 11.5 Å². The first-order valence-corrected chi connectivity index (χ1v) is 10.3. The molecule has 0 unspecified atom stereocenters. The fraction of sp³-hybridized carbons (Fsp3) is 0.375. The monoisotopic (exact) mass is 396 g/mol. The molecule has 0 aromatic heterocycles. The number of methoxy groups -OCH3 is 1. The highest BCUT2D eigenvalue weighted by Gasteiger charge is 2.17. The highest BCUT2D eigenvalue weighted by atomic mass is 16.5. The number of hydrogen-bond donors (Lipinski definition) is 2. The van der Waals surface area contributed by atoms with Gasteiger partial charge in [-0.3, -0.25) is 4.79 Å². The zero-order valence-corrected chi connectivity index (χ0v) is 17.2. The molecular formula is C24H30NO4+. The Morgan fingerprint density at radius 3 is 2.62 bits per heavy atom. The smallest absolute Gasteiger partial charge is 0.185 e. The van der Waals surface area contributed by atoms with Crippen molar-refractivity contribution in [3.8, 4) is 17.2 Å². The number of likely N-dealkylation sites (tertiary alicyclic amines) is 1. The number of piperidine rings is 1. The zero-order chi connectivity index (χ0) is 20.6. The van der Waals surface area contributed by atoms with Crippen molar-refractivity contribution in [1.82, 2.24) is 0 Å². The van der Waals surface area contributed by atoms with E-state index >= 15 is 0 Å². The molecule has 2 N–H and O–H groups in total. The summed E-state index contributed by atoms with van der Waals surface area (Å²) in [5.41, 5.74) is 2.28. The Morgan fingerprint density at radius 1 is 1.10 bits per heavy atom.